The van der Waals surface area contributed by atoms with Crippen molar-refractivity contribution >= 4 is 5.91 Å². The van der Waals surface area contributed by atoms with Crippen LogP contribution in [0.2, 0.25) is 0 Å². The third-order valence-corrected chi connectivity index (χ3v) is 4.06. The molecule has 1 fully saturated rings. The molecule has 0 bridgehead atoms. The normalized spacial score (nSPS) is 21.6. The van der Waals surface area contributed by atoms with Crippen molar-refractivity contribution in [2.45, 2.75) is 58.3 Å². The zero-order valence-electron chi connectivity index (χ0n) is 11.8. The Labute approximate surface area is 111 Å². The minimum atomic E-state index is -0.0458. The van der Waals surface area contributed by atoms with Crippen molar-refractivity contribution < 1.29 is 4.79 Å². The number of carbonyl (C=O) groups excluding carboxylic acids is 1. The maximum Gasteiger partial charge on any atom is 0.233 e. The Balaban J connectivity index is 2.03. The monoisotopic (exact) mass is 255 g/mol. The van der Waals surface area contributed by atoms with Gasteiger partial charge in [-0.15, -0.1) is 0 Å². The lowest BCUT2D eigenvalue weighted by Gasteiger charge is -2.19. The Kier molecular flexibility index (Phi) is 8.01. The molecule has 1 aliphatic heterocycles. The fourth-order valence-corrected chi connectivity index (χ4v) is 2.73. The second kappa shape index (κ2) is 9.34. The molecule has 1 saturated heterocycles. The molecule has 1 atom stereocenters. The summed E-state index contributed by atoms with van der Waals surface area (Å²) in [5.41, 5.74) is 2.18. The fraction of sp³-hybridized carbons (Fsp3) is 0.929. The molecule has 0 aromatic rings. The Bertz CT molecular complexity index is 233. The van der Waals surface area contributed by atoms with Crippen LogP contribution < -0.4 is 11.3 Å². The smallest absolute Gasteiger partial charge is 0.233 e. The van der Waals surface area contributed by atoms with E-state index in [1.165, 1.54) is 51.7 Å². The molecule has 1 heterocycles. The molecule has 106 valence electrons. The average Bonchev–Trinajstić information content (AvgIpc) is 2.63. The molecular weight excluding hydrogens is 226 g/mol. The van der Waals surface area contributed by atoms with E-state index < -0.39 is 0 Å². The van der Waals surface area contributed by atoms with Crippen molar-refractivity contribution in [1.29, 1.82) is 0 Å². The minimum absolute atomic E-state index is 0.0458. The van der Waals surface area contributed by atoms with Gasteiger partial charge in [0.25, 0.3) is 0 Å². The molecule has 0 radical (unpaired) electrons. The van der Waals surface area contributed by atoms with Crippen molar-refractivity contribution in [2.24, 2.45) is 11.8 Å². The van der Waals surface area contributed by atoms with Gasteiger partial charge in [-0.2, -0.15) is 0 Å². The Morgan fingerprint density at radius 1 is 1.28 bits per heavy atom. The molecule has 1 rings (SSSR count). The van der Waals surface area contributed by atoms with Crippen LogP contribution in [0, 0.1) is 5.92 Å². The van der Waals surface area contributed by atoms with Gasteiger partial charge in [-0.05, 0) is 57.7 Å². The summed E-state index contributed by atoms with van der Waals surface area (Å²) < 4.78 is 0. The predicted molar refractivity (Wildman–Crippen MR) is 74.9 cm³/mol. The van der Waals surface area contributed by atoms with Crippen LogP contribution in [0.1, 0.15) is 58.3 Å². The average molecular weight is 255 g/mol. The molecule has 4 heteroatoms. The molecule has 1 unspecified atom stereocenters. The zero-order chi connectivity index (χ0) is 13.2. The van der Waals surface area contributed by atoms with Crippen molar-refractivity contribution in [1.82, 2.24) is 10.3 Å². The number of carbonyl (C=O) groups is 1. The van der Waals surface area contributed by atoms with E-state index in [0.717, 1.165) is 18.8 Å². The summed E-state index contributed by atoms with van der Waals surface area (Å²) in [6, 6.07) is 0. The summed E-state index contributed by atoms with van der Waals surface area (Å²) >= 11 is 0. The molecule has 3 N–H and O–H groups in total. The maximum absolute atomic E-state index is 10.9. The van der Waals surface area contributed by atoms with E-state index in [0.29, 0.717) is 6.42 Å². The van der Waals surface area contributed by atoms with Gasteiger partial charge in [0.15, 0.2) is 0 Å². The van der Waals surface area contributed by atoms with E-state index in [2.05, 4.69) is 17.2 Å². The van der Waals surface area contributed by atoms with E-state index in [1.54, 1.807) is 0 Å². The number of unbranched alkanes of at least 4 members (excludes halogenated alkanes) is 2. The third-order valence-electron chi connectivity index (χ3n) is 4.06. The number of hydrogen-bond donors (Lipinski definition) is 2. The number of hydrogen-bond acceptors (Lipinski definition) is 3. The van der Waals surface area contributed by atoms with E-state index in [4.69, 9.17) is 5.84 Å². The molecule has 0 aliphatic carbocycles. The number of nitrogens with two attached hydrogens (primary N) is 1. The second-order valence-electron chi connectivity index (χ2n) is 5.42. The highest BCUT2D eigenvalue weighted by atomic mass is 16.2. The predicted octanol–water partition coefficient (Wildman–Crippen LogP) is 2.05. The number of rotatable bonds is 7. The number of nitrogens with zero attached hydrogens (tertiary/aromatic N) is 1. The van der Waals surface area contributed by atoms with Crippen LogP contribution in [0.5, 0.6) is 0 Å². The van der Waals surface area contributed by atoms with E-state index >= 15 is 0 Å². The largest absolute Gasteiger partial charge is 0.303 e. The SMILES string of the molecule is CCC1CCCN(CCCCCC(=O)NN)CC1. The molecule has 1 amide bonds. The van der Waals surface area contributed by atoms with Crippen LogP contribution in [-0.4, -0.2) is 30.4 Å². The number of nitrogens with one attached hydrogen (secondary N) is 1. The standard InChI is InChI=1S/C14H29N3O/c1-2-13-7-6-11-17(12-9-13)10-5-3-4-8-14(18)16-15/h13H,2-12,15H2,1H3,(H,16,18). The first kappa shape index (κ1) is 15.4. The third kappa shape index (κ3) is 6.36. The summed E-state index contributed by atoms with van der Waals surface area (Å²) in [4.78, 5) is 13.5. The summed E-state index contributed by atoms with van der Waals surface area (Å²) in [7, 11) is 0. The quantitative estimate of drug-likeness (QED) is 0.317. The minimum Gasteiger partial charge on any atom is -0.303 e. The van der Waals surface area contributed by atoms with Gasteiger partial charge in [-0.25, -0.2) is 5.84 Å². The van der Waals surface area contributed by atoms with Gasteiger partial charge in [-0.1, -0.05) is 19.8 Å². The summed E-state index contributed by atoms with van der Waals surface area (Å²) in [5, 5.41) is 0. The van der Waals surface area contributed by atoms with Crippen molar-refractivity contribution in [3.63, 3.8) is 0 Å². The Morgan fingerprint density at radius 3 is 2.83 bits per heavy atom. The summed E-state index contributed by atoms with van der Waals surface area (Å²) in [6.45, 7) is 6.03. The Hall–Kier alpha value is -0.610. The van der Waals surface area contributed by atoms with E-state index in [-0.39, 0.29) is 5.91 Å². The van der Waals surface area contributed by atoms with Gasteiger partial charge in [0.2, 0.25) is 5.91 Å². The maximum atomic E-state index is 10.9. The highest BCUT2D eigenvalue weighted by Crippen LogP contribution is 2.20. The molecule has 0 aromatic carbocycles. The molecule has 18 heavy (non-hydrogen) atoms. The first-order chi connectivity index (χ1) is 8.76. The fourth-order valence-electron chi connectivity index (χ4n) is 2.73. The first-order valence-electron chi connectivity index (χ1n) is 7.48. The lowest BCUT2D eigenvalue weighted by atomic mass is 9.98. The van der Waals surface area contributed by atoms with Gasteiger partial charge in [0.05, 0.1) is 0 Å². The van der Waals surface area contributed by atoms with Crippen LogP contribution in [0.25, 0.3) is 0 Å². The second-order valence-corrected chi connectivity index (χ2v) is 5.42. The van der Waals surface area contributed by atoms with Crippen molar-refractivity contribution in [2.75, 3.05) is 19.6 Å². The van der Waals surface area contributed by atoms with Crippen LogP contribution in [0.3, 0.4) is 0 Å². The highest BCUT2D eigenvalue weighted by molar-refractivity contribution is 5.74. The number of amides is 1. The number of likely N-dealkylation sites (tertiary alicyclic amines) is 1. The van der Waals surface area contributed by atoms with Gasteiger partial charge >= 0.3 is 0 Å². The lowest BCUT2D eigenvalue weighted by molar-refractivity contribution is -0.121. The summed E-state index contributed by atoms with van der Waals surface area (Å²) in [5.74, 6) is 5.94. The van der Waals surface area contributed by atoms with Crippen molar-refractivity contribution in [3.8, 4) is 0 Å². The van der Waals surface area contributed by atoms with Crippen LogP contribution in [0.4, 0.5) is 0 Å². The number of hydrazine groups is 1. The Morgan fingerprint density at radius 2 is 2.11 bits per heavy atom. The molecule has 0 aromatic heterocycles. The molecule has 0 spiro atoms. The van der Waals surface area contributed by atoms with Gasteiger partial charge < -0.3 is 4.90 Å². The molecule has 0 saturated carbocycles. The lowest BCUT2D eigenvalue weighted by Crippen LogP contribution is -2.29. The topological polar surface area (TPSA) is 58.4 Å². The van der Waals surface area contributed by atoms with Gasteiger partial charge in [0, 0.05) is 6.42 Å². The van der Waals surface area contributed by atoms with Crippen LogP contribution in [-0.2, 0) is 4.79 Å². The molecule has 1 aliphatic rings. The first-order valence-corrected chi connectivity index (χ1v) is 7.48. The van der Waals surface area contributed by atoms with Crippen LogP contribution in [0.15, 0.2) is 0 Å². The highest BCUT2D eigenvalue weighted by Gasteiger charge is 2.14. The molecule has 4 nitrogen and oxygen atoms in total. The van der Waals surface area contributed by atoms with Crippen LogP contribution >= 0.6 is 0 Å². The zero-order valence-corrected chi connectivity index (χ0v) is 11.8. The van der Waals surface area contributed by atoms with Crippen molar-refractivity contribution in [3.05, 3.63) is 0 Å². The van der Waals surface area contributed by atoms with E-state index in [1.807, 2.05) is 0 Å². The van der Waals surface area contributed by atoms with Gasteiger partial charge in [0.1, 0.15) is 0 Å². The van der Waals surface area contributed by atoms with E-state index in [9.17, 15) is 4.79 Å². The summed E-state index contributed by atoms with van der Waals surface area (Å²) in [6.07, 6.45) is 9.31. The molecular formula is C14H29N3O. The van der Waals surface area contributed by atoms with Gasteiger partial charge in [-0.3, -0.25) is 10.2 Å².